The molecule has 4 aromatic rings. The second-order valence-corrected chi connectivity index (χ2v) is 8.46. The van der Waals surface area contributed by atoms with Crippen molar-refractivity contribution < 1.29 is 0 Å². The predicted molar refractivity (Wildman–Crippen MR) is 116 cm³/mol. The van der Waals surface area contributed by atoms with E-state index in [0.29, 0.717) is 16.6 Å². The van der Waals surface area contributed by atoms with E-state index in [1.807, 2.05) is 36.6 Å². The van der Waals surface area contributed by atoms with E-state index >= 15 is 0 Å². The first-order valence-electron chi connectivity index (χ1n) is 9.59. The molecule has 0 radical (unpaired) electrons. The minimum Gasteiger partial charge on any atom is -0.399 e. The van der Waals surface area contributed by atoms with Gasteiger partial charge in [0.1, 0.15) is 5.01 Å². The maximum Gasteiger partial charge on any atom is 0.328 e. The lowest BCUT2D eigenvalue weighted by molar-refractivity contribution is 0.495. The van der Waals surface area contributed by atoms with E-state index in [1.54, 1.807) is 23.0 Å². The fraction of sp³-hybridized carbons (Fsp3) is 0.286. The number of nitrogens with two attached hydrogens (primary N) is 1. The molecule has 1 unspecified atom stereocenters. The van der Waals surface area contributed by atoms with Crippen molar-refractivity contribution in [2.24, 2.45) is 7.05 Å². The van der Waals surface area contributed by atoms with Crippen molar-refractivity contribution in [1.82, 2.24) is 19.1 Å². The van der Waals surface area contributed by atoms with Crippen molar-refractivity contribution in [3.8, 4) is 11.3 Å². The van der Waals surface area contributed by atoms with Gasteiger partial charge in [-0.2, -0.15) is 0 Å². The fourth-order valence-electron chi connectivity index (χ4n) is 4.46. The lowest BCUT2D eigenvalue weighted by Gasteiger charge is -2.25. The van der Waals surface area contributed by atoms with Crippen LogP contribution in [0, 0.1) is 6.92 Å². The third kappa shape index (κ3) is 2.66. The largest absolute Gasteiger partial charge is 0.399 e. The Labute approximate surface area is 170 Å². The van der Waals surface area contributed by atoms with Crippen LogP contribution in [-0.2, 0) is 13.6 Å². The summed E-state index contributed by atoms with van der Waals surface area (Å²) in [6, 6.07) is 7.55. The maximum absolute atomic E-state index is 13.0. The first-order chi connectivity index (χ1) is 14.0. The quantitative estimate of drug-likeness (QED) is 0.499. The zero-order chi connectivity index (χ0) is 20.3. The number of hydrogen-bond donors (Lipinski definition) is 2. The number of aromatic amines is 1. The molecule has 4 heterocycles. The van der Waals surface area contributed by atoms with Crippen LogP contribution in [0.3, 0.4) is 0 Å². The van der Waals surface area contributed by atoms with Crippen LogP contribution >= 0.6 is 11.3 Å². The number of aryl methyl sites for hydroxylation is 2. The van der Waals surface area contributed by atoms with Gasteiger partial charge in [-0.15, -0.1) is 11.3 Å². The van der Waals surface area contributed by atoms with Crippen molar-refractivity contribution in [2.45, 2.75) is 32.2 Å². The molecule has 5 rings (SSSR count). The second kappa shape index (κ2) is 6.45. The average Bonchev–Trinajstić information content (AvgIpc) is 3.28. The van der Waals surface area contributed by atoms with Crippen LogP contribution in [0.15, 0.2) is 39.2 Å². The molecule has 0 saturated heterocycles. The van der Waals surface area contributed by atoms with Crippen LogP contribution < -0.4 is 17.0 Å². The number of rotatable bonds is 2. The summed E-state index contributed by atoms with van der Waals surface area (Å²) < 4.78 is 3.75. The van der Waals surface area contributed by atoms with Gasteiger partial charge in [-0.3, -0.25) is 14.3 Å². The maximum atomic E-state index is 13.0. The van der Waals surface area contributed by atoms with Gasteiger partial charge in [-0.25, -0.2) is 9.78 Å². The molecule has 1 aliphatic rings. The van der Waals surface area contributed by atoms with Gasteiger partial charge in [0.2, 0.25) is 0 Å². The van der Waals surface area contributed by atoms with E-state index in [0.717, 1.165) is 47.0 Å². The molecule has 1 aromatic carbocycles. The number of aromatic nitrogens is 4. The van der Waals surface area contributed by atoms with Crippen molar-refractivity contribution >= 4 is 27.9 Å². The third-order valence-corrected chi connectivity index (χ3v) is 6.74. The number of fused-ring (bicyclic) bond motifs is 3. The zero-order valence-corrected chi connectivity index (χ0v) is 17.0. The highest BCUT2D eigenvalue weighted by molar-refractivity contribution is 7.09. The first-order valence-corrected chi connectivity index (χ1v) is 10.5. The summed E-state index contributed by atoms with van der Waals surface area (Å²) in [4.78, 5) is 32.6. The summed E-state index contributed by atoms with van der Waals surface area (Å²) in [6.45, 7) is 2.77. The Morgan fingerprint density at radius 2 is 2.14 bits per heavy atom. The number of benzene rings is 1. The number of nitrogens with one attached hydrogen (secondary N) is 1. The van der Waals surface area contributed by atoms with Crippen molar-refractivity contribution in [2.75, 3.05) is 5.73 Å². The molecular weight excluding hydrogens is 386 g/mol. The lowest BCUT2D eigenvalue weighted by atomic mass is 9.95. The van der Waals surface area contributed by atoms with Gasteiger partial charge in [-0.1, -0.05) is 12.1 Å². The van der Waals surface area contributed by atoms with Gasteiger partial charge in [0, 0.05) is 35.9 Å². The average molecular weight is 407 g/mol. The molecule has 3 N–H and O–H groups in total. The monoisotopic (exact) mass is 407 g/mol. The second-order valence-electron chi connectivity index (χ2n) is 7.57. The highest BCUT2D eigenvalue weighted by atomic mass is 32.1. The summed E-state index contributed by atoms with van der Waals surface area (Å²) in [6.07, 6.45) is 1.90. The van der Waals surface area contributed by atoms with Gasteiger partial charge < -0.3 is 10.3 Å². The number of nitrogens with zero attached hydrogens (tertiary/aromatic N) is 3. The number of H-pyrrole nitrogens is 1. The Morgan fingerprint density at radius 3 is 2.86 bits per heavy atom. The van der Waals surface area contributed by atoms with E-state index in [-0.39, 0.29) is 11.5 Å². The van der Waals surface area contributed by atoms with Crippen LogP contribution in [0.2, 0.25) is 0 Å². The SMILES string of the molecule is Cc1csc(C2CCCn3c(-c4cccc(N)c4)c4c(=O)[nH]c(=O)n(C)c4c32)n1. The summed E-state index contributed by atoms with van der Waals surface area (Å²) >= 11 is 1.63. The summed E-state index contributed by atoms with van der Waals surface area (Å²) in [7, 11) is 1.71. The van der Waals surface area contributed by atoms with Crippen LogP contribution in [-0.4, -0.2) is 19.1 Å². The smallest absolute Gasteiger partial charge is 0.328 e. The molecule has 0 amide bonds. The Balaban J connectivity index is 1.94. The molecule has 8 heteroatoms. The van der Waals surface area contributed by atoms with Gasteiger partial charge >= 0.3 is 5.69 Å². The standard InChI is InChI=1S/C21H21N5O2S/c1-11-10-29-20(23-11)14-7-4-8-26-16(12-5-3-6-13(22)9-12)15-18(17(14)26)25(2)21(28)24-19(15)27/h3,5-6,9-10,14H,4,7-8,22H2,1-2H3,(H,24,27,28). The van der Waals surface area contributed by atoms with E-state index in [4.69, 9.17) is 10.7 Å². The molecule has 3 aromatic heterocycles. The predicted octanol–water partition coefficient (Wildman–Crippen LogP) is 2.97. The van der Waals surface area contributed by atoms with Crippen LogP contribution in [0.25, 0.3) is 22.2 Å². The topological polar surface area (TPSA) is 98.7 Å². The number of thiazole rings is 1. The van der Waals surface area contributed by atoms with Crippen molar-refractivity contribution in [3.05, 3.63) is 66.9 Å². The highest BCUT2D eigenvalue weighted by Gasteiger charge is 2.33. The molecule has 0 bridgehead atoms. The fourth-order valence-corrected chi connectivity index (χ4v) is 5.39. The molecule has 0 fully saturated rings. The minimum atomic E-state index is -0.408. The number of nitrogen functional groups attached to an aromatic ring is 1. The summed E-state index contributed by atoms with van der Waals surface area (Å²) in [5, 5.41) is 3.60. The van der Waals surface area contributed by atoms with Crippen LogP contribution in [0.4, 0.5) is 5.69 Å². The Bertz CT molecular complexity index is 1370. The minimum absolute atomic E-state index is 0.0483. The molecular formula is C21H21N5O2S. The molecule has 1 atom stereocenters. The molecule has 148 valence electrons. The molecule has 1 aliphatic heterocycles. The van der Waals surface area contributed by atoms with Crippen molar-refractivity contribution in [3.63, 3.8) is 0 Å². The van der Waals surface area contributed by atoms with E-state index < -0.39 is 5.69 Å². The number of hydrogen-bond acceptors (Lipinski definition) is 5. The molecule has 0 spiro atoms. The number of anilines is 1. The Kier molecular flexibility index (Phi) is 3.99. The van der Waals surface area contributed by atoms with Gasteiger partial charge in [0.05, 0.1) is 28.2 Å². The van der Waals surface area contributed by atoms with E-state index in [2.05, 4.69) is 9.55 Å². The van der Waals surface area contributed by atoms with Gasteiger partial charge in [0.25, 0.3) is 5.56 Å². The van der Waals surface area contributed by atoms with E-state index in [9.17, 15) is 9.59 Å². The Hall–Kier alpha value is -3.13. The zero-order valence-electron chi connectivity index (χ0n) is 16.2. The summed E-state index contributed by atoms with van der Waals surface area (Å²) in [5.74, 6) is 0.0483. The highest BCUT2D eigenvalue weighted by Crippen LogP contribution is 2.43. The van der Waals surface area contributed by atoms with Gasteiger partial charge in [0.15, 0.2) is 0 Å². The van der Waals surface area contributed by atoms with Crippen LogP contribution in [0.5, 0.6) is 0 Å². The normalized spacial score (nSPS) is 16.3. The lowest BCUT2D eigenvalue weighted by Crippen LogP contribution is -2.28. The Morgan fingerprint density at radius 1 is 1.31 bits per heavy atom. The molecule has 29 heavy (non-hydrogen) atoms. The molecule has 7 nitrogen and oxygen atoms in total. The van der Waals surface area contributed by atoms with E-state index in [1.165, 1.54) is 0 Å². The van der Waals surface area contributed by atoms with Crippen molar-refractivity contribution in [1.29, 1.82) is 0 Å². The first kappa shape index (κ1) is 17.9. The molecule has 0 saturated carbocycles. The third-order valence-electron chi connectivity index (χ3n) is 5.66. The summed E-state index contributed by atoms with van der Waals surface area (Å²) in [5.41, 5.74) is 10.3. The van der Waals surface area contributed by atoms with Gasteiger partial charge in [-0.05, 0) is 31.9 Å². The van der Waals surface area contributed by atoms with Crippen LogP contribution in [0.1, 0.15) is 35.2 Å². The molecule has 0 aliphatic carbocycles.